The lowest BCUT2D eigenvalue weighted by molar-refractivity contribution is 0.0722. The van der Waals surface area contributed by atoms with Gasteiger partial charge in [0.25, 0.3) is 5.91 Å². The fourth-order valence-electron chi connectivity index (χ4n) is 1.93. The smallest absolute Gasteiger partial charge is 0.256 e. The number of carbonyl (C=O) groups is 1. The summed E-state index contributed by atoms with van der Waals surface area (Å²) >= 11 is 3.18. The second-order valence-corrected chi connectivity index (χ2v) is 5.53. The first-order valence-electron chi connectivity index (χ1n) is 5.73. The highest BCUT2D eigenvalue weighted by atomic mass is 79.9. The van der Waals surface area contributed by atoms with Gasteiger partial charge in [-0.05, 0) is 43.9 Å². The van der Waals surface area contributed by atoms with Gasteiger partial charge in [-0.1, -0.05) is 15.9 Å². The maximum atomic E-state index is 13.7. The predicted octanol–water partition coefficient (Wildman–Crippen LogP) is 3.46. The van der Waals surface area contributed by atoms with Gasteiger partial charge in [-0.25, -0.2) is 4.39 Å². The minimum atomic E-state index is -0.473. The molecule has 0 N–H and O–H groups in total. The standard InChI is InChI=1S/C13H15BrFNO/c1-8(9-3-4-9)16(2)13(17)11-6-5-10(14)7-12(11)15/h5-9H,3-4H2,1-2H3. The van der Waals surface area contributed by atoms with Crippen molar-refractivity contribution in [3.63, 3.8) is 0 Å². The van der Waals surface area contributed by atoms with E-state index in [2.05, 4.69) is 15.9 Å². The van der Waals surface area contributed by atoms with Gasteiger partial charge in [0.05, 0.1) is 5.56 Å². The highest BCUT2D eigenvalue weighted by molar-refractivity contribution is 9.10. The van der Waals surface area contributed by atoms with Crippen LogP contribution in [0.2, 0.25) is 0 Å². The molecule has 1 atom stereocenters. The zero-order chi connectivity index (χ0) is 12.6. The molecule has 92 valence electrons. The molecular formula is C13H15BrFNO. The number of hydrogen-bond donors (Lipinski definition) is 0. The molecular weight excluding hydrogens is 285 g/mol. The van der Waals surface area contributed by atoms with E-state index in [-0.39, 0.29) is 17.5 Å². The summed E-state index contributed by atoms with van der Waals surface area (Å²) in [6.07, 6.45) is 2.34. The van der Waals surface area contributed by atoms with Crippen molar-refractivity contribution in [2.45, 2.75) is 25.8 Å². The Hall–Kier alpha value is -0.900. The van der Waals surface area contributed by atoms with Gasteiger partial charge in [0.15, 0.2) is 0 Å². The van der Waals surface area contributed by atoms with Crippen LogP contribution in [-0.2, 0) is 0 Å². The predicted molar refractivity (Wildman–Crippen MR) is 68.4 cm³/mol. The third-order valence-corrected chi connectivity index (χ3v) is 3.89. The maximum Gasteiger partial charge on any atom is 0.256 e. The van der Waals surface area contributed by atoms with Crippen molar-refractivity contribution in [2.75, 3.05) is 7.05 Å². The fraction of sp³-hybridized carbons (Fsp3) is 0.462. The summed E-state index contributed by atoms with van der Waals surface area (Å²) in [6, 6.07) is 4.72. The van der Waals surface area contributed by atoms with Crippen molar-refractivity contribution in [1.82, 2.24) is 4.90 Å². The van der Waals surface area contributed by atoms with Crippen LogP contribution in [0.25, 0.3) is 0 Å². The molecule has 0 aliphatic heterocycles. The Bertz CT molecular complexity index is 445. The van der Waals surface area contributed by atoms with Crippen molar-refractivity contribution in [2.24, 2.45) is 5.92 Å². The number of rotatable bonds is 3. The molecule has 1 fully saturated rings. The third kappa shape index (κ3) is 2.68. The van der Waals surface area contributed by atoms with Crippen molar-refractivity contribution in [3.05, 3.63) is 34.1 Å². The Kier molecular flexibility index (Phi) is 3.52. The van der Waals surface area contributed by atoms with Crippen LogP contribution in [0.4, 0.5) is 4.39 Å². The summed E-state index contributed by atoms with van der Waals surface area (Å²) < 4.78 is 14.3. The van der Waals surface area contributed by atoms with Crippen LogP contribution >= 0.6 is 15.9 Å². The lowest BCUT2D eigenvalue weighted by Gasteiger charge is -2.25. The monoisotopic (exact) mass is 299 g/mol. The number of halogens is 2. The molecule has 0 spiro atoms. The molecule has 2 rings (SSSR count). The second-order valence-electron chi connectivity index (χ2n) is 4.62. The summed E-state index contributed by atoms with van der Waals surface area (Å²) in [5.41, 5.74) is 0.142. The van der Waals surface area contributed by atoms with Crippen LogP contribution in [0.5, 0.6) is 0 Å². The lowest BCUT2D eigenvalue weighted by Crippen LogP contribution is -2.36. The van der Waals surface area contributed by atoms with E-state index >= 15 is 0 Å². The number of carbonyl (C=O) groups excluding carboxylic acids is 1. The first-order chi connectivity index (χ1) is 8.00. The summed E-state index contributed by atoms with van der Waals surface area (Å²) in [4.78, 5) is 13.8. The van der Waals surface area contributed by atoms with Crippen LogP contribution in [-0.4, -0.2) is 23.9 Å². The topological polar surface area (TPSA) is 20.3 Å². The zero-order valence-electron chi connectivity index (χ0n) is 9.91. The van der Waals surface area contributed by atoms with Crippen LogP contribution in [0.15, 0.2) is 22.7 Å². The molecule has 1 amide bonds. The first-order valence-corrected chi connectivity index (χ1v) is 6.52. The summed E-state index contributed by atoms with van der Waals surface area (Å²) in [5, 5.41) is 0. The molecule has 1 aromatic carbocycles. The van der Waals surface area contributed by atoms with Gasteiger partial charge in [-0.15, -0.1) is 0 Å². The summed E-state index contributed by atoms with van der Waals surface area (Å²) in [5.74, 6) is -0.129. The molecule has 2 nitrogen and oxygen atoms in total. The van der Waals surface area contributed by atoms with Crippen LogP contribution in [0, 0.1) is 11.7 Å². The summed E-state index contributed by atoms with van der Waals surface area (Å²) in [7, 11) is 1.74. The second kappa shape index (κ2) is 4.77. The number of nitrogens with zero attached hydrogens (tertiary/aromatic N) is 1. The molecule has 0 aromatic heterocycles. The van der Waals surface area contributed by atoms with Gasteiger partial charge in [-0.2, -0.15) is 0 Å². The van der Waals surface area contributed by atoms with Crippen LogP contribution in [0.1, 0.15) is 30.1 Å². The highest BCUT2D eigenvalue weighted by Gasteiger charge is 2.33. The van der Waals surface area contributed by atoms with Crippen molar-refractivity contribution >= 4 is 21.8 Å². The van der Waals surface area contributed by atoms with Crippen molar-refractivity contribution in [3.8, 4) is 0 Å². The highest BCUT2D eigenvalue weighted by Crippen LogP contribution is 2.35. The first kappa shape index (κ1) is 12.6. The zero-order valence-corrected chi connectivity index (χ0v) is 11.5. The van der Waals surface area contributed by atoms with E-state index < -0.39 is 5.82 Å². The van der Waals surface area contributed by atoms with Gasteiger partial charge in [-0.3, -0.25) is 4.79 Å². The minimum absolute atomic E-state index is 0.142. The summed E-state index contributed by atoms with van der Waals surface area (Å²) in [6.45, 7) is 2.02. The third-order valence-electron chi connectivity index (χ3n) is 3.40. The van der Waals surface area contributed by atoms with Crippen LogP contribution in [0.3, 0.4) is 0 Å². The molecule has 1 unspecified atom stereocenters. The molecule has 0 radical (unpaired) electrons. The number of amides is 1. The molecule has 1 saturated carbocycles. The quantitative estimate of drug-likeness (QED) is 0.837. The van der Waals surface area contributed by atoms with Gasteiger partial charge >= 0.3 is 0 Å². The van der Waals surface area contributed by atoms with Crippen LogP contribution < -0.4 is 0 Å². The molecule has 17 heavy (non-hydrogen) atoms. The van der Waals surface area contributed by atoms with Crippen molar-refractivity contribution < 1.29 is 9.18 Å². The van der Waals surface area contributed by atoms with Gasteiger partial charge in [0, 0.05) is 17.6 Å². The lowest BCUT2D eigenvalue weighted by atomic mass is 10.1. The largest absolute Gasteiger partial charge is 0.339 e. The average Bonchev–Trinajstić information content (AvgIpc) is 3.10. The Labute approximate surface area is 109 Å². The van der Waals surface area contributed by atoms with E-state index in [1.807, 2.05) is 6.92 Å². The Morgan fingerprint density at radius 2 is 2.18 bits per heavy atom. The molecule has 4 heteroatoms. The SMILES string of the molecule is CC(C1CC1)N(C)C(=O)c1ccc(Br)cc1F. The normalized spacial score (nSPS) is 16.7. The van der Waals surface area contributed by atoms with Crippen molar-refractivity contribution in [1.29, 1.82) is 0 Å². The Morgan fingerprint density at radius 1 is 1.53 bits per heavy atom. The molecule has 0 heterocycles. The van der Waals surface area contributed by atoms with E-state index in [1.54, 1.807) is 18.0 Å². The van der Waals surface area contributed by atoms with Gasteiger partial charge in [0.1, 0.15) is 5.82 Å². The molecule has 0 bridgehead atoms. The molecule has 1 aliphatic rings. The van der Waals surface area contributed by atoms with E-state index in [9.17, 15) is 9.18 Å². The average molecular weight is 300 g/mol. The Morgan fingerprint density at radius 3 is 2.71 bits per heavy atom. The van der Waals surface area contributed by atoms with Gasteiger partial charge in [0.2, 0.25) is 0 Å². The van der Waals surface area contributed by atoms with E-state index in [0.717, 1.165) is 0 Å². The molecule has 1 aromatic rings. The number of hydrogen-bond acceptors (Lipinski definition) is 1. The number of benzene rings is 1. The van der Waals surface area contributed by atoms with E-state index in [4.69, 9.17) is 0 Å². The fourth-order valence-corrected chi connectivity index (χ4v) is 2.27. The van der Waals surface area contributed by atoms with E-state index in [1.165, 1.54) is 25.0 Å². The minimum Gasteiger partial charge on any atom is -0.339 e. The van der Waals surface area contributed by atoms with Gasteiger partial charge < -0.3 is 4.90 Å². The maximum absolute atomic E-state index is 13.7. The molecule has 0 saturated heterocycles. The Balaban J connectivity index is 2.18. The molecule has 1 aliphatic carbocycles. The van der Waals surface area contributed by atoms with E-state index in [0.29, 0.717) is 10.4 Å².